The number of benzene rings is 4. The topological polar surface area (TPSA) is 170 Å². The first-order valence-corrected chi connectivity index (χ1v) is 26.6. The first-order valence-electron chi connectivity index (χ1n) is 25.8. The molecule has 0 bridgehead atoms. The molecule has 2 saturated heterocycles. The summed E-state index contributed by atoms with van der Waals surface area (Å²) in [4.78, 5) is 66.5. The maximum Gasteiger partial charge on any atom is 0.358 e. The lowest BCUT2D eigenvalue weighted by molar-refractivity contribution is -0.134. The summed E-state index contributed by atoms with van der Waals surface area (Å²) >= 11 is 1.45. The molecule has 3 aliphatic heterocycles. The molecule has 1 aliphatic carbocycles. The SMILES string of the molecule is Cc1c(OCC2CC3(CCN(CCOc4ccc5c(C6CCC(=O)NC6=O)nn(C)c5c4)CC3)C2)cccc1-c1ccc(N2CCc3cccc(C(=O)Nc4nc5ccccc5s4)c3C2)nc1C(=O)OC(C)(C)C. The molecule has 3 amide bonds. The van der Waals surface area contributed by atoms with Gasteiger partial charge < -0.3 is 19.1 Å². The maximum atomic E-state index is 14.1. The third-order valence-electron chi connectivity index (χ3n) is 15.3. The predicted octanol–water partition coefficient (Wildman–Crippen LogP) is 9.79. The first kappa shape index (κ1) is 49.1. The summed E-state index contributed by atoms with van der Waals surface area (Å²) in [6.45, 7) is 12.9. The Morgan fingerprint density at radius 2 is 1.70 bits per heavy atom. The summed E-state index contributed by atoms with van der Waals surface area (Å²) in [7, 11) is 1.87. The number of fused-ring (bicyclic) bond motifs is 3. The number of aromatic nitrogens is 4. The number of hydrogen-bond donors (Lipinski definition) is 2. The Morgan fingerprint density at radius 3 is 2.50 bits per heavy atom. The van der Waals surface area contributed by atoms with E-state index in [1.807, 2.05) is 120 Å². The number of anilines is 2. The van der Waals surface area contributed by atoms with Gasteiger partial charge in [0.25, 0.3) is 5.91 Å². The maximum absolute atomic E-state index is 14.1. The number of ether oxygens (including phenoxy) is 3. The second-order valence-electron chi connectivity index (χ2n) is 21.5. The van der Waals surface area contributed by atoms with Crippen molar-refractivity contribution in [2.45, 2.75) is 90.7 Å². The molecule has 382 valence electrons. The third-order valence-corrected chi connectivity index (χ3v) is 16.3. The van der Waals surface area contributed by atoms with Gasteiger partial charge in [-0.3, -0.25) is 34.6 Å². The van der Waals surface area contributed by atoms with E-state index in [0.29, 0.717) is 84.7 Å². The molecule has 16 heteroatoms. The molecule has 15 nitrogen and oxygen atoms in total. The van der Waals surface area contributed by atoms with Gasteiger partial charge in [-0.05, 0) is 161 Å². The third kappa shape index (κ3) is 10.1. The second kappa shape index (κ2) is 19.9. The standard InChI is InChI=1S/C58H62N8O7S/c1-35-39(40-18-20-49(60-52(40)55(70)73-57(2,3)4)66-25-22-37-10-8-12-41(44(37)33-66)53(68)62-56-59-45-13-6-7-15-48(45)74-56)11-9-14-47(35)72-34-36-31-58(32-36)23-26-65(27-24-58)28-29-71-38-16-17-42-46(30-38)64(5)63-51(42)43-19-21-50(67)61-54(43)69/h6-18,20,30,36,43H,19,21-29,31-34H2,1-5H3,(H,59,62,68)(H,61,67,69). The van der Waals surface area contributed by atoms with Crippen LogP contribution in [0, 0.1) is 18.3 Å². The van der Waals surface area contributed by atoms with E-state index in [9.17, 15) is 19.2 Å². The highest BCUT2D eigenvalue weighted by atomic mass is 32.1. The summed E-state index contributed by atoms with van der Waals surface area (Å²) in [5.74, 6) is 0.992. The molecule has 6 heterocycles. The molecule has 4 aliphatic rings. The number of nitrogens with one attached hydrogen (secondary N) is 2. The van der Waals surface area contributed by atoms with E-state index in [1.54, 1.807) is 4.68 Å². The van der Waals surface area contributed by atoms with Gasteiger partial charge in [-0.2, -0.15) is 5.10 Å². The van der Waals surface area contributed by atoms with Gasteiger partial charge in [-0.15, -0.1) is 0 Å². The first-order chi connectivity index (χ1) is 35.7. The number of imide groups is 1. The molecular formula is C58H62N8O7S. The lowest BCUT2D eigenvalue weighted by Crippen LogP contribution is -2.49. The smallest absolute Gasteiger partial charge is 0.358 e. The number of likely N-dealkylation sites (tertiary alicyclic amines) is 1. The zero-order chi connectivity index (χ0) is 51.3. The zero-order valence-electron chi connectivity index (χ0n) is 42.7. The number of para-hydroxylation sites is 1. The number of piperidine rings is 2. The molecule has 11 rings (SSSR count). The van der Waals surface area contributed by atoms with Crippen molar-refractivity contribution in [2.75, 3.05) is 49.6 Å². The molecule has 2 N–H and O–H groups in total. The zero-order valence-corrected chi connectivity index (χ0v) is 43.5. The number of rotatable bonds is 13. The van der Waals surface area contributed by atoms with Crippen molar-refractivity contribution in [3.05, 3.63) is 125 Å². The highest BCUT2D eigenvalue weighted by Gasteiger charge is 2.46. The van der Waals surface area contributed by atoms with Crippen LogP contribution in [0.25, 0.3) is 32.2 Å². The predicted molar refractivity (Wildman–Crippen MR) is 286 cm³/mol. The second-order valence-corrected chi connectivity index (χ2v) is 22.5. The fourth-order valence-corrected chi connectivity index (χ4v) is 12.3. The molecule has 7 aromatic rings. The molecule has 1 atom stereocenters. The Balaban J connectivity index is 0.702. The van der Waals surface area contributed by atoms with Gasteiger partial charge in [-0.1, -0.05) is 47.7 Å². The summed E-state index contributed by atoms with van der Waals surface area (Å²) in [5.41, 5.74) is 7.38. The Hall–Kier alpha value is -7.17. The highest BCUT2D eigenvalue weighted by molar-refractivity contribution is 7.22. The molecule has 74 heavy (non-hydrogen) atoms. The van der Waals surface area contributed by atoms with Crippen LogP contribution in [0.5, 0.6) is 11.5 Å². The number of pyridine rings is 1. The molecule has 0 radical (unpaired) electrons. The molecular weight excluding hydrogens is 953 g/mol. The Bertz CT molecular complexity index is 3290. The number of carbonyl (C=O) groups is 4. The van der Waals surface area contributed by atoms with Gasteiger partial charge in [0.15, 0.2) is 10.8 Å². The van der Waals surface area contributed by atoms with E-state index in [2.05, 4.69) is 36.6 Å². The number of esters is 1. The summed E-state index contributed by atoms with van der Waals surface area (Å²) < 4.78 is 21.6. The van der Waals surface area contributed by atoms with Crippen LogP contribution < -0.4 is 25.0 Å². The quantitative estimate of drug-likeness (QED) is 0.0830. The fourth-order valence-electron chi connectivity index (χ4n) is 11.5. The fraction of sp³-hybridized carbons (Fsp3) is 0.397. The van der Waals surface area contributed by atoms with Crippen molar-refractivity contribution in [1.82, 2.24) is 30.0 Å². The van der Waals surface area contributed by atoms with Crippen LogP contribution in [0.2, 0.25) is 0 Å². The number of hydrogen-bond acceptors (Lipinski definition) is 13. The van der Waals surface area contributed by atoms with Crippen molar-refractivity contribution in [1.29, 1.82) is 0 Å². The highest BCUT2D eigenvalue weighted by Crippen LogP contribution is 2.53. The minimum absolute atomic E-state index is 0.210. The van der Waals surface area contributed by atoms with Crippen LogP contribution in [0.1, 0.15) is 108 Å². The monoisotopic (exact) mass is 1010 g/mol. The normalized spacial score (nSPS) is 18.0. The van der Waals surface area contributed by atoms with Gasteiger partial charge in [-0.25, -0.2) is 14.8 Å². The lowest BCUT2D eigenvalue weighted by atomic mass is 9.58. The number of carbonyl (C=O) groups excluding carboxylic acids is 4. The molecule has 1 unspecified atom stereocenters. The van der Waals surface area contributed by atoms with Crippen molar-refractivity contribution < 1.29 is 33.4 Å². The van der Waals surface area contributed by atoms with Crippen molar-refractivity contribution >= 4 is 67.1 Å². The van der Waals surface area contributed by atoms with E-state index in [0.717, 1.165) is 100 Å². The Morgan fingerprint density at radius 1 is 0.892 bits per heavy atom. The van der Waals surface area contributed by atoms with Crippen LogP contribution in [-0.4, -0.2) is 93.3 Å². The van der Waals surface area contributed by atoms with Crippen LogP contribution in [-0.2, 0) is 34.3 Å². The van der Waals surface area contributed by atoms with Gasteiger partial charge in [0.05, 0.1) is 34.0 Å². The lowest BCUT2D eigenvalue weighted by Gasteiger charge is -2.52. The number of thiazole rings is 1. The average molecular weight is 1020 g/mol. The van der Waals surface area contributed by atoms with Crippen molar-refractivity contribution in [3.63, 3.8) is 0 Å². The van der Waals surface area contributed by atoms with E-state index < -0.39 is 17.5 Å². The van der Waals surface area contributed by atoms with E-state index >= 15 is 0 Å². The van der Waals surface area contributed by atoms with E-state index in [4.69, 9.17) is 19.2 Å². The molecule has 3 aromatic heterocycles. The number of nitrogens with zero attached hydrogens (tertiary/aromatic N) is 6. The molecule has 3 fully saturated rings. The Kier molecular flexibility index (Phi) is 13.2. The van der Waals surface area contributed by atoms with Crippen molar-refractivity contribution in [3.8, 4) is 22.6 Å². The number of amides is 3. The van der Waals surface area contributed by atoms with Gasteiger partial charge in [0.1, 0.15) is 29.5 Å². The van der Waals surface area contributed by atoms with Crippen molar-refractivity contribution in [2.24, 2.45) is 18.4 Å². The summed E-state index contributed by atoms with van der Waals surface area (Å²) in [5, 5.41) is 11.6. The van der Waals surface area contributed by atoms with Crippen LogP contribution in [0.15, 0.2) is 91.0 Å². The molecule has 4 aromatic carbocycles. The Labute approximate surface area is 434 Å². The summed E-state index contributed by atoms with van der Waals surface area (Å²) in [6.07, 6.45) is 6.09. The van der Waals surface area contributed by atoms with E-state index in [1.165, 1.54) is 11.3 Å². The summed E-state index contributed by atoms with van der Waals surface area (Å²) in [6, 6.07) is 29.5. The molecule has 1 saturated carbocycles. The largest absolute Gasteiger partial charge is 0.493 e. The van der Waals surface area contributed by atoms with Gasteiger partial charge in [0.2, 0.25) is 11.8 Å². The number of aryl methyl sites for hydroxylation is 1. The van der Waals surface area contributed by atoms with Gasteiger partial charge in [0, 0.05) is 55.7 Å². The minimum atomic E-state index is -0.737. The average Bonchev–Trinajstić information content (AvgIpc) is 3.94. The van der Waals surface area contributed by atoms with Crippen LogP contribution in [0.4, 0.5) is 10.9 Å². The van der Waals surface area contributed by atoms with Crippen LogP contribution >= 0.6 is 11.3 Å². The van der Waals surface area contributed by atoms with E-state index in [-0.39, 0.29) is 23.4 Å². The van der Waals surface area contributed by atoms with Gasteiger partial charge >= 0.3 is 5.97 Å². The minimum Gasteiger partial charge on any atom is -0.493 e. The van der Waals surface area contributed by atoms with Crippen LogP contribution in [0.3, 0.4) is 0 Å². The molecule has 1 spiro atoms.